The van der Waals surface area contributed by atoms with Crippen LogP contribution in [0.3, 0.4) is 0 Å². The number of furan rings is 1. The molecule has 0 aliphatic heterocycles. The first-order valence-electron chi connectivity index (χ1n) is 5.86. The first-order valence-corrected chi connectivity index (χ1v) is 5.86. The van der Waals surface area contributed by atoms with Crippen LogP contribution < -0.4 is 5.73 Å². The molecule has 0 radical (unpaired) electrons. The lowest BCUT2D eigenvalue weighted by Crippen LogP contribution is -2.28. The van der Waals surface area contributed by atoms with Gasteiger partial charge in [0.2, 0.25) is 0 Å². The molecule has 1 aliphatic carbocycles. The lowest BCUT2D eigenvalue weighted by atomic mass is 9.70. The van der Waals surface area contributed by atoms with E-state index in [9.17, 15) is 0 Å². The summed E-state index contributed by atoms with van der Waals surface area (Å²) in [7, 11) is 0. The molecule has 0 aromatic carbocycles. The van der Waals surface area contributed by atoms with Crippen molar-refractivity contribution in [3.8, 4) is 0 Å². The van der Waals surface area contributed by atoms with E-state index in [-0.39, 0.29) is 6.04 Å². The van der Waals surface area contributed by atoms with E-state index < -0.39 is 0 Å². The molecule has 1 aliphatic rings. The molecule has 2 rings (SSSR count). The summed E-state index contributed by atoms with van der Waals surface area (Å²) in [6.07, 6.45) is 8.58. The molecule has 15 heavy (non-hydrogen) atoms. The Morgan fingerprint density at radius 1 is 1.40 bits per heavy atom. The van der Waals surface area contributed by atoms with Gasteiger partial charge in [-0.25, -0.2) is 0 Å². The van der Waals surface area contributed by atoms with E-state index in [0.29, 0.717) is 11.3 Å². The van der Waals surface area contributed by atoms with Gasteiger partial charge in [0, 0.05) is 11.6 Å². The molecular formula is C13H21NO. The summed E-state index contributed by atoms with van der Waals surface area (Å²) in [5.41, 5.74) is 7.92. The fourth-order valence-electron chi connectivity index (χ4n) is 2.52. The van der Waals surface area contributed by atoms with Crippen LogP contribution in [0.4, 0.5) is 0 Å². The zero-order valence-corrected chi connectivity index (χ0v) is 9.70. The van der Waals surface area contributed by atoms with E-state index >= 15 is 0 Å². The van der Waals surface area contributed by atoms with Crippen LogP contribution >= 0.6 is 0 Å². The summed E-state index contributed by atoms with van der Waals surface area (Å²) >= 11 is 0. The van der Waals surface area contributed by atoms with E-state index in [4.69, 9.17) is 10.2 Å². The summed E-state index contributed by atoms with van der Waals surface area (Å²) in [5.74, 6) is 0.635. The van der Waals surface area contributed by atoms with Crippen molar-refractivity contribution in [3.05, 3.63) is 24.2 Å². The minimum absolute atomic E-state index is 0.167. The molecule has 1 fully saturated rings. The average molecular weight is 207 g/mol. The Morgan fingerprint density at radius 2 is 2.07 bits per heavy atom. The van der Waals surface area contributed by atoms with Gasteiger partial charge < -0.3 is 10.2 Å². The van der Waals surface area contributed by atoms with Gasteiger partial charge in [0.15, 0.2) is 0 Å². The Morgan fingerprint density at radius 3 is 2.60 bits per heavy atom. The van der Waals surface area contributed by atoms with Gasteiger partial charge in [-0.2, -0.15) is 0 Å². The van der Waals surface area contributed by atoms with Crippen LogP contribution in [0.15, 0.2) is 23.0 Å². The highest BCUT2D eigenvalue weighted by atomic mass is 16.3. The van der Waals surface area contributed by atoms with Gasteiger partial charge in [0.05, 0.1) is 12.5 Å². The summed E-state index contributed by atoms with van der Waals surface area (Å²) < 4.78 is 5.09. The van der Waals surface area contributed by atoms with Crippen LogP contribution in [-0.4, -0.2) is 0 Å². The van der Waals surface area contributed by atoms with E-state index in [1.165, 1.54) is 25.7 Å². The molecule has 0 spiro atoms. The quantitative estimate of drug-likeness (QED) is 0.806. The van der Waals surface area contributed by atoms with Crippen molar-refractivity contribution in [1.82, 2.24) is 0 Å². The third kappa shape index (κ3) is 2.43. The van der Waals surface area contributed by atoms with Crippen molar-refractivity contribution < 1.29 is 4.42 Å². The zero-order valence-electron chi connectivity index (χ0n) is 9.70. The molecule has 1 aromatic heterocycles. The molecular weight excluding hydrogens is 186 g/mol. The third-order valence-corrected chi connectivity index (χ3v) is 3.82. The van der Waals surface area contributed by atoms with Gasteiger partial charge in [-0.1, -0.05) is 13.8 Å². The summed E-state index contributed by atoms with van der Waals surface area (Å²) in [5, 5.41) is 0. The van der Waals surface area contributed by atoms with E-state index in [2.05, 4.69) is 13.8 Å². The first-order chi connectivity index (χ1) is 7.08. The predicted octanol–water partition coefficient (Wildman–Crippen LogP) is 3.50. The van der Waals surface area contributed by atoms with E-state index in [1.807, 2.05) is 6.07 Å². The Bertz CT molecular complexity index is 292. The van der Waals surface area contributed by atoms with Crippen LogP contribution in [0.2, 0.25) is 0 Å². The van der Waals surface area contributed by atoms with Crippen molar-refractivity contribution >= 4 is 0 Å². The van der Waals surface area contributed by atoms with Gasteiger partial charge in [0.1, 0.15) is 0 Å². The maximum absolute atomic E-state index is 6.24. The second kappa shape index (κ2) is 4.01. The average Bonchev–Trinajstić information content (AvgIpc) is 2.69. The molecule has 0 bridgehead atoms. The highest BCUT2D eigenvalue weighted by Crippen LogP contribution is 2.41. The molecule has 2 N–H and O–H groups in total. The number of nitrogens with two attached hydrogens (primary N) is 1. The smallest absolute Gasteiger partial charge is 0.0950 e. The molecule has 1 unspecified atom stereocenters. The van der Waals surface area contributed by atoms with E-state index in [1.54, 1.807) is 12.5 Å². The zero-order chi connectivity index (χ0) is 10.9. The van der Waals surface area contributed by atoms with Crippen molar-refractivity contribution in [2.24, 2.45) is 17.1 Å². The lowest BCUT2D eigenvalue weighted by Gasteiger charge is -2.36. The van der Waals surface area contributed by atoms with Crippen LogP contribution in [0.5, 0.6) is 0 Å². The summed E-state index contributed by atoms with van der Waals surface area (Å²) in [4.78, 5) is 0. The van der Waals surface area contributed by atoms with Gasteiger partial charge in [0.25, 0.3) is 0 Å². The molecule has 1 atom stereocenters. The Balaban J connectivity index is 1.96. The van der Waals surface area contributed by atoms with Gasteiger partial charge in [-0.3, -0.25) is 0 Å². The van der Waals surface area contributed by atoms with Crippen molar-refractivity contribution in [3.63, 3.8) is 0 Å². The standard InChI is InChI=1S/C13H21NO/c1-13(2)6-3-10(4-7-13)12(14)11-5-8-15-9-11/h5,8-10,12H,3-4,6-7,14H2,1-2H3. The number of hydrogen-bond donors (Lipinski definition) is 1. The normalized spacial score (nSPS) is 23.9. The van der Waals surface area contributed by atoms with Gasteiger partial charge in [-0.05, 0) is 43.1 Å². The van der Waals surface area contributed by atoms with Crippen LogP contribution in [0.25, 0.3) is 0 Å². The Kier molecular flexibility index (Phi) is 2.87. The fourth-order valence-corrected chi connectivity index (χ4v) is 2.52. The minimum atomic E-state index is 0.167. The third-order valence-electron chi connectivity index (χ3n) is 3.82. The maximum atomic E-state index is 6.24. The molecule has 1 aromatic rings. The molecule has 1 saturated carbocycles. The minimum Gasteiger partial charge on any atom is -0.472 e. The molecule has 2 nitrogen and oxygen atoms in total. The molecule has 0 saturated heterocycles. The van der Waals surface area contributed by atoms with Crippen LogP contribution in [0, 0.1) is 11.3 Å². The van der Waals surface area contributed by atoms with Gasteiger partial charge in [-0.15, -0.1) is 0 Å². The second-order valence-electron chi connectivity index (χ2n) is 5.58. The fraction of sp³-hybridized carbons (Fsp3) is 0.692. The molecule has 0 amide bonds. The summed E-state index contributed by atoms with van der Waals surface area (Å²) in [6, 6.07) is 2.16. The predicted molar refractivity (Wildman–Crippen MR) is 61.4 cm³/mol. The number of hydrogen-bond acceptors (Lipinski definition) is 2. The van der Waals surface area contributed by atoms with E-state index in [0.717, 1.165) is 5.56 Å². The molecule has 2 heteroatoms. The van der Waals surface area contributed by atoms with Crippen molar-refractivity contribution in [2.45, 2.75) is 45.6 Å². The summed E-state index contributed by atoms with van der Waals surface area (Å²) in [6.45, 7) is 4.71. The van der Waals surface area contributed by atoms with Crippen LogP contribution in [0.1, 0.15) is 51.1 Å². The van der Waals surface area contributed by atoms with Crippen molar-refractivity contribution in [2.75, 3.05) is 0 Å². The number of rotatable bonds is 2. The molecule has 1 heterocycles. The van der Waals surface area contributed by atoms with Gasteiger partial charge >= 0.3 is 0 Å². The highest BCUT2D eigenvalue weighted by molar-refractivity contribution is 5.12. The van der Waals surface area contributed by atoms with Crippen molar-refractivity contribution in [1.29, 1.82) is 0 Å². The topological polar surface area (TPSA) is 39.2 Å². The van der Waals surface area contributed by atoms with Crippen LogP contribution in [-0.2, 0) is 0 Å². The lowest BCUT2D eigenvalue weighted by molar-refractivity contribution is 0.173. The largest absolute Gasteiger partial charge is 0.472 e. The SMILES string of the molecule is CC1(C)CCC(C(N)c2ccoc2)CC1. The highest BCUT2D eigenvalue weighted by Gasteiger charge is 2.30. The Labute approximate surface area is 91.8 Å². The molecule has 84 valence electrons. The second-order valence-corrected chi connectivity index (χ2v) is 5.58. The monoisotopic (exact) mass is 207 g/mol. The first kappa shape index (κ1) is 10.7. The maximum Gasteiger partial charge on any atom is 0.0950 e. The Hall–Kier alpha value is -0.760.